The molecule has 0 unspecified atom stereocenters. The molecule has 60 heavy (non-hydrogen) atoms. The summed E-state index contributed by atoms with van der Waals surface area (Å²) in [5, 5.41) is 4.98. The Morgan fingerprint density at radius 2 is 0.767 bits per heavy atom. The van der Waals surface area contributed by atoms with Gasteiger partial charge >= 0.3 is 0 Å². The Hall–Kier alpha value is -7.48. The SMILES string of the molecule is CC1(C)c2ccccc2-c2cccc(-c3ccc(N(c4ccc(-c5cccc6ccccc56)cc4)c4cc(-c5cccc6ccccc56)ccc4-c4ccccc4)cc3)c21. The van der Waals surface area contributed by atoms with Gasteiger partial charge in [-0.2, -0.15) is 0 Å². The van der Waals surface area contributed by atoms with Crippen LogP contribution in [0, 0.1) is 0 Å². The first-order chi connectivity index (χ1) is 29.5. The van der Waals surface area contributed by atoms with Gasteiger partial charge in [0.05, 0.1) is 5.69 Å². The fourth-order valence-corrected chi connectivity index (χ4v) is 9.80. The van der Waals surface area contributed by atoms with Crippen LogP contribution in [0.5, 0.6) is 0 Å². The van der Waals surface area contributed by atoms with Crippen LogP contribution in [0.3, 0.4) is 0 Å². The van der Waals surface area contributed by atoms with E-state index in [0.29, 0.717) is 0 Å². The van der Waals surface area contributed by atoms with Crippen LogP contribution in [0.15, 0.2) is 224 Å². The molecule has 0 bridgehead atoms. The van der Waals surface area contributed by atoms with Crippen LogP contribution in [0.2, 0.25) is 0 Å². The van der Waals surface area contributed by atoms with Crippen molar-refractivity contribution >= 4 is 38.6 Å². The minimum Gasteiger partial charge on any atom is -0.310 e. The second kappa shape index (κ2) is 14.4. The Bertz CT molecular complexity index is 3200. The molecule has 1 aliphatic carbocycles. The molecule has 1 nitrogen and oxygen atoms in total. The van der Waals surface area contributed by atoms with Gasteiger partial charge in [0.15, 0.2) is 0 Å². The van der Waals surface area contributed by atoms with E-state index in [9.17, 15) is 0 Å². The Kier molecular flexibility index (Phi) is 8.57. The molecule has 0 saturated heterocycles. The van der Waals surface area contributed by atoms with Gasteiger partial charge in [0.1, 0.15) is 0 Å². The summed E-state index contributed by atoms with van der Waals surface area (Å²) >= 11 is 0. The molecule has 1 heteroatoms. The highest BCUT2D eigenvalue weighted by molar-refractivity contribution is 6.00. The molecular weight excluding hydrogens is 723 g/mol. The summed E-state index contributed by atoms with van der Waals surface area (Å²) in [4.78, 5) is 2.45. The number of anilines is 3. The average molecular weight is 766 g/mol. The zero-order valence-electron chi connectivity index (χ0n) is 33.8. The Balaban J connectivity index is 1.10. The zero-order chi connectivity index (χ0) is 40.2. The molecule has 1 aliphatic rings. The van der Waals surface area contributed by atoms with Gasteiger partial charge in [-0.15, -0.1) is 0 Å². The van der Waals surface area contributed by atoms with Crippen molar-refractivity contribution in [3.05, 3.63) is 236 Å². The number of nitrogens with zero attached hydrogens (tertiary/aromatic N) is 1. The fraction of sp³-hybridized carbons (Fsp3) is 0.0508. The molecule has 0 fully saturated rings. The molecule has 0 aromatic heterocycles. The van der Waals surface area contributed by atoms with Crippen molar-refractivity contribution in [2.75, 3.05) is 4.90 Å². The van der Waals surface area contributed by atoms with Gasteiger partial charge in [-0.25, -0.2) is 0 Å². The van der Waals surface area contributed by atoms with Gasteiger partial charge in [0.2, 0.25) is 0 Å². The van der Waals surface area contributed by atoms with Gasteiger partial charge in [-0.05, 0) is 113 Å². The molecule has 0 N–H and O–H groups in total. The first-order valence-corrected chi connectivity index (χ1v) is 20.9. The molecule has 0 radical (unpaired) electrons. The third-order valence-corrected chi connectivity index (χ3v) is 12.7. The van der Waals surface area contributed by atoms with Gasteiger partial charge in [-0.3, -0.25) is 0 Å². The average Bonchev–Trinajstić information content (AvgIpc) is 3.55. The molecule has 284 valence electrons. The standard InChI is InChI=1S/C59H43N/c1-59(2)56-28-11-10-23-54(56)55-27-14-26-53(58(55)59)44-31-36-47(37-32-44)60(46-34-29-43(30-35-46)50-24-12-19-40-17-6-8-21-48(40)50)57-39-45(33-38-52(57)42-15-4-3-5-16-42)51-25-13-20-41-18-7-9-22-49(41)51/h3-39H,1-2H3. The Morgan fingerprint density at radius 3 is 1.43 bits per heavy atom. The van der Waals surface area contributed by atoms with E-state index >= 15 is 0 Å². The number of rotatable bonds is 7. The monoisotopic (exact) mass is 765 g/mol. The number of hydrogen-bond acceptors (Lipinski definition) is 1. The van der Waals surface area contributed by atoms with Crippen molar-refractivity contribution in [3.63, 3.8) is 0 Å². The van der Waals surface area contributed by atoms with Gasteiger partial charge < -0.3 is 4.90 Å². The minimum absolute atomic E-state index is 0.105. The number of benzene rings is 10. The van der Waals surface area contributed by atoms with E-state index in [1.165, 1.54) is 88.3 Å². The maximum Gasteiger partial charge on any atom is 0.0546 e. The lowest BCUT2D eigenvalue weighted by Crippen LogP contribution is -2.16. The third kappa shape index (κ3) is 5.93. The highest BCUT2D eigenvalue weighted by Crippen LogP contribution is 2.52. The van der Waals surface area contributed by atoms with Crippen molar-refractivity contribution in [2.45, 2.75) is 19.3 Å². The zero-order valence-corrected chi connectivity index (χ0v) is 33.8. The second-order valence-electron chi connectivity index (χ2n) is 16.5. The summed E-state index contributed by atoms with van der Waals surface area (Å²) in [7, 11) is 0. The smallest absolute Gasteiger partial charge is 0.0546 e. The van der Waals surface area contributed by atoms with Crippen LogP contribution in [-0.2, 0) is 5.41 Å². The summed E-state index contributed by atoms with van der Waals surface area (Å²) in [6.07, 6.45) is 0. The molecule has 0 atom stereocenters. The third-order valence-electron chi connectivity index (χ3n) is 12.7. The molecular formula is C59H43N. The second-order valence-corrected chi connectivity index (χ2v) is 16.5. The highest BCUT2D eigenvalue weighted by atomic mass is 15.1. The number of hydrogen-bond donors (Lipinski definition) is 0. The van der Waals surface area contributed by atoms with Crippen molar-refractivity contribution in [3.8, 4) is 55.6 Å². The summed E-state index contributed by atoms with van der Waals surface area (Å²) in [5.41, 5.74) is 18.3. The predicted octanol–water partition coefficient (Wildman–Crippen LogP) is 16.4. The molecule has 0 aliphatic heterocycles. The van der Waals surface area contributed by atoms with E-state index in [-0.39, 0.29) is 5.41 Å². The maximum absolute atomic E-state index is 2.45. The van der Waals surface area contributed by atoms with E-state index < -0.39 is 0 Å². The van der Waals surface area contributed by atoms with Crippen molar-refractivity contribution < 1.29 is 0 Å². The molecule has 0 amide bonds. The van der Waals surface area contributed by atoms with Gasteiger partial charge in [-0.1, -0.05) is 208 Å². The molecule has 10 aromatic rings. The van der Waals surface area contributed by atoms with E-state index in [0.717, 1.165) is 17.1 Å². The van der Waals surface area contributed by atoms with Gasteiger partial charge in [0.25, 0.3) is 0 Å². The molecule has 0 heterocycles. The summed E-state index contributed by atoms with van der Waals surface area (Å²) in [5.74, 6) is 0. The van der Waals surface area contributed by atoms with Crippen LogP contribution in [0.4, 0.5) is 17.1 Å². The lowest BCUT2D eigenvalue weighted by atomic mass is 9.79. The van der Waals surface area contributed by atoms with E-state index in [1.54, 1.807) is 0 Å². The predicted molar refractivity (Wildman–Crippen MR) is 255 cm³/mol. The topological polar surface area (TPSA) is 3.24 Å². The maximum atomic E-state index is 2.45. The summed E-state index contributed by atoms with van der Waals surface area (Å²) < 4.78 is 0. The quantitative estimate of drug-likeness (QED) is 0.156. The molecule has 10 aromatic carbocycles. The van der Waals surface area contributed by atoms with Gasteiger partial charge in [0, 0.05) is 22.4 Å². The largest absolute Gasteiger partial charge is 0.310 e. The molecule has 0 spiro atoms. The van der Waals surface area contributed by atoms with Crippen molar-refractivity contribution in [2.24, 2.45) is 0 Å². The van der Waals surface area contributed by atoms with Crippen LogP contribution in [0.25, 0.3) is 77.2 Å². The van der Waals surface area contributed by atoms with Crippen LogP contribution >= 0.6 is 0 Å². The Morgan fingerprint density at radius 1 is 0.317 bits per heavy atom. The fourth-order valence-electron chi connectivity index (χ4n) is 9.80. The summed E-state index contributed by atoms with van der Waals surface area (Å²) in [6, 6.07) is 82.4. The van der Waals surface area contributed by atoms with Crippen LogP contribution in [0.1, 0.15) is 25.0 Å². The minimum atomic E-state index is -0.105. The number of fused-ring (bicyclic) bond motifs is 5. The normalized spacial score (nSPS) is 12.6. The van der Waals surface area contributed by atoms with Crippen molar-refractivity contribution in [1.82, 2.24) is 0 Å². The lowest BCUT2D eigenvalue weighted by molar-refractivity contribution is 0.662. The van der Waals surface area contributed by atoms with E-state index in [2.05, 4.69) is 243 Å². The van der Waals surface area contributed by atoms with Crippen LogP contribution in [-0.4, -0.2) is 0 Å². The molecule has 0 saturated carbocycles. The molecule has 11 rings (SSSR count). The summed E-state index contributed by atoms with van der Waals surface area (Å²) in [6.45, 7) is 4.74. The Labute approximate surface area is 352 Å². The highest BCUT2D eigenvalue weighted by Gasteiger charge is 2.37. The van der Waals surface area contributed by atoms with Crippen molar-refractivity contribution in [1.29, 1.82) is 0 Å². The van der Waals surface area contributed by atoms with E-state index in [4.69, 9.17) is 0 Å². The first-order valence-electron chi connectivity index (χ1n) is 20.9. The first kappa shape index (κ1) is 35.7. The van der Waals surface area contributed by atoms with Crippen LogP contribution < -0.4 is 4.90 Å². The lowest BCUT2D eigenvalue weighted by Gasteiger charge is -2.29. The van der Waals surface area contributed by atoms with E-state index in [1.807, 2.05) is 0 Å².